The number of carbonyl (C=O) groups excluding carboxylic acids is 3. The van der Waals surface area contributed by atoms with Crippen LogP contribution < -0.4 is 15.0 Å². The van der Waals surface area contributed by atoms with Crippen molar-refractivity contribution in [3.8, 4) is 5.75 Å². The Morgan fingerprint density at radius 1 is 1.33 bits per heavy atom. The van der Waals surface area contributed by atoms with Crippen LogP contribution in [0.4, 0.5) is 11.4 Å². The lowest BCUT2D eigenvalue weighted by atomic mass is 10.0. The summed E-state index contributed by atoms with van der Waals surface area (Å²) in [5.74, 6) is -1.50. The van der Waals surface area contributed by atoms with Gasteiger partial charge in [0.05, 0.1) is 24.2 Å². The summed E-state index contributed by atoms with van der Waals surface area (Å²) in [5.41, 5.74) is -0.521. The monoisotopic (exact) mass is 372 g/mol. The number of nitrogens with zero attached hydrogens (tertiary/aromatic N) is 3. The first-order chi connectivity index (χ1) is 12.7. The van der Waals surface area contributed by atoms with Crippen molar-refractivity contribution in [1.29, 1.82) is 0 Å². The molecule has 1 aromatic carbocycles. The lowest BCUT2D eigenvalue weighted by Gasteiger charge is -2.35. The molecule has 2 heterocycles. The molecule has 0 saturated heterocycles. The molecule has 9 nitrogen and oxygen atoms in total. The van der Waals surface area contributed by atoms with Crippen molar-refractivity contribution in [2.24, 2.45) is 7.05 Å². The van der Waals surface area contributed by atoms with Crippen molar-refractivity contribution in [2.75, 3.05) is 24.4 Å². The van der Waals surface area contributed by atoms with Gasteiger partial charge in [0.1, 0.15) is 5.75 Å². The number of rotatable bonds is 3. The Morgan fingerprint density at radius 2 is 2.00 bits per heavy atom. The summed E-state index contributed by atoms with van der Waals surface area (Å²) in [7, 11) is 4.27. The minimum absolute atomic E-state index is 0.103. The van der Waals surface area contributed by atoms with Gasteiger partial charge in [-0.3, -0.25) is 14.3 Å². The van der Waals surface area contributed by atoms with E-state index in [1.807, 2.05) is 0 Å². The molecule has 1 aliphatic heterocycles. The van der Waals surface area contributed by atoms with Gasteiger partial charge in [0.25, 0.3) is 17.4 Å². The number of benzene rings is 1. The van der Waals surface area contributed by atoms with Crippen LogP contribution in [0.1, 0.15) is 23.1 Å². The van der Waals surface area contributed by atoms with Gasteiger partial charge in [-0.1, -0.05) is 12.1 Å². The van der Waals surface area contributed by atoms with Crippen molar-refractivity contribution >= 4 is 29.2 Å². The number of nitrogens with one attached hydrogen (secondary N) is 1. The predicted octanol–water partition coefficient (Wildman–Crippen LogP) is 1.27. The van der Waals surface area contributed by atoms with Crippen LogP contribution in [-0.4, -0.2) is 47.3 Å². The molecule has 1 atom stereocenters. The highest BCUT2D eigenvalue weighted by Gasteiger charge is 2.49. The molecular formula is C18H20N4O5. The maximum atomic E-state index is 13.2. The van der Waals surface area contributed by atoms with E-state index < -0.39 is 23.4 Å². The number of hydrogen-bond acceptors (Lipinski definition) is 6. The summed E-state index contributed by atoms with van der Waals surface area (Å²) in [6, 6.07) is 6.84. The van der Waals surface area contributed by atoms with Gasteiger partial charge in [-0.15, -0.1) is 0 Å². The van der Waals surface area contributed by atoms with Crippen LogP contribution in [0.3, 0.4) is 0 Å². The number of anilines is 2. The maximum Gasteiger partial charge on any atom is 0.358 e. The molecule has 2 aromatic rings. The molecule has 1 aliphatic rings. The minimum atomic E-state index is -1.81. The minimum Gasteiger partial charge on any atom is -0.465 e. The first-order valence-corrected chi connectivity index (χ1v) is 8.20. The number of para-hydroxylation sites is 2. The standard InChI is InChI=1S/C18H20N4O5/c1-10-13(14(15(23)26-5)22(4)20-10)21(3)17(25)18(2)16(24)19-11-8-6-7-9-12(11)27-18/h6-9H,1-5H3,(H,19,24). The molecule has 0 aliphatic carbocycles. The van der Waals surface area contributed by atoms with E-state index in [1.165, 1.54) is 30.7 Å². The largest absolute Gasteiger partial charge is 0.465 e. The highest BCUT2D eigenvalue weighted by Crippen LogP contribution is 2.35. The molecule has 0 spiro atoms. The number of amides is 2. The van der Waals surface area contributed by atoms with E-state index in [1.54, 1.807) is 38.2 Å². The Bertz CT molecular complexity index is 951. The third-order valence-electron chi connectivity index (χ3n) is 4.50. The summed E-state index contributed by atoms with van der Waals surface area (Å²) in [4.78, 5) is 39.2. The van der Waals surface area contributed by atoms with Gasteiger partial charge < -0.3 is 19.7 Å². The molecule has 1 N–H and O–H groups in total. The van der Waals surface area contributed by atoms with Gasteiger partial charge in [0.2, 0.25) is 0 Å². The molecule has 0 saturated carbocycles. The van der Waals surface area contributed by atoms with Gasteiger partial charge in [-0.2, -0.15) is 5.10 Å². The molecule has 9 heteroatoms. The number of likely N-dealkylation sites (N-methyl/N-ethyl adjacent to an activating group) is 1. The number of aryl methyl sites for hydroxylation is 2. The molecule has 1 aromatic heterocycles. The van der Waals surface area contributed by atoms with Gasteiger partial charge in [0, 0.05) is 14.1 Å². The van der Waals surface area contributed by atoms with Crippen molar-refractivity contribution in [3.63, 3.8) is 0 Å². The zero-order valence-electron chi connectivity index (χ0n) is 15.7. The second-order valence-corrected chi connectivity index (χ2v) is 6.35. The van der Waals surface area contributed by atoms with E-state index in [-0.39, 0.29) is 11.4 Å². The summed E-state index contributed by atoms with van der Waals surface area (Å²) in [6.07, 6.45) is 0. The number of methoxy groups -OCH3 is 1. The Labute approximate surface area is 155 Å². The van der Waals surface area contributed by atoms with Gasteiger partial charge in [-0.25, -0.2) is 4.79 Å². The third kappa shape index (κ3) is 2.80. The fraction of sp³-hybridized carbons (Fsp3) is 0.333. The zero-order valence-corrected chi connectivity index (χ0v) is 15.7. The Balaban J connectivity index is 2.02. The molecule has 1 unspecified atom stereocenters. The summed E-state index contributed by atoms with van der Waals surface area (Å²) >= 11 is 0. The first kappa shape index (κ1) is 18.4. The molecule has 0 bridgehead atoms. The van der Waals surface area contributed by atoms with Crippen LogP contribution in [0.25, 0.3) is 0 Å². The number of aromatic nitrogens is 2. The van der Waals surface area contributed by atoms with Crippen LogP contribution in [0, 0.1) is 6.92 Å². The fourth-order valence-corrected chi connectivity index (χ4v) is 3.10. The summed E-state index contributed by atoms with van der Waals surface area (Å²) in [6.45, 7) is 3.05. The normalized spacial score (nSPS) is 18.2. The Kier molecular flexibility index (Phi) is 4.38. The smallest absolute Gasteiger partial charge is 0.358 e. The van der Waals surface area contributed by atoms with Crippen LogP contribution in [0.15, 0.2) is 24.3 Å². The number of hydrogen-bond donors (Lipinski definition) is 1. The number of esters is 1. The molecule has 0 radical (unpaired) electrons. The molecule has 0 fully saturated rings. The molecule has 3 rings (SSSR count). The number of fused-ring (bicyclic) bond motifs is 1. The maximum absolute atomic E-state index is 13.2. The average Bonchev–Trinajstić information content (AvgIpc) is 2.94. The van der Waals surface area contributed by atoms with Gasteiger partial charge in [0.15, 0.2) is 5.69 Å². The zero-order chi connectivity index (χ0) is 19.9. The van der Waals surface area contributed by atoms with Crippen LogP contribution in [0.5, 0.6) is 5.75 Å². The predicted molar refractivity (Wildman–Crippen MR) is 96.8 cm³/mol. The topological polar surface area (TPSA) is 103 Å². The van der Waals surface area contributed by atoms with Crippen molar-refractivity contribution in [1.82, 2.24) is 9.78 Å². The van der Waals surface area contributed by atoms with Crippen molar-refractivity contribution in [2.45, 2.75) is 19.4 Å². The highest BCUT2D eigenvalue weighted by atomic mass is 16.5. The lowest BCUT2D eigenvalue weighted by Crippen LogP contribution is -2.59. The Morgan fingerprint density at radius 3 is 2.67 bits per heavy atom. The highest BCUT2D eigenvalue weighted by molar-refractivity contribution is 6.20. The van der Waals surface area contributed by atoms with Crippen LogP contribution in [-0.2, 0) is 21.4 Å². The second-order valence-electron chi connectivity index (χ2n) is 6.35. The molecule has 142 valence electrons. The van der Waals surface area contributed by atoms with Gasteiger partial charge in [-0.05, 0) is 26.0 Å². The fourth-order valence-electron chi connectivity index (χ4n) is 3.10. The van der Waals surface area contributed by atoms with Gasteiger partial charge >= 0.3 is 5.97 Å². The third-order valence-corrected chi connectivity index (χ3v) is 4.50. The average molecular weight is 372 g/mol. The summed E-state index contributed by atoms with van der Waals surface area (Å²) < 4.78 is 11.9. The first-order valence-electron chi connectivity index (χ1n) is 8.20. The second kappa shape index (κ2) is 6.42. The SMILES string of the molecule is COC(=O)c1c(N(C)C(=O)C2(C)Oc3ccccc3NC2=O)c(C)nn1C. The van der Waals surface area contributed by atoms with Crippen LogP contribution >= 0.6 is 0 Å². The Hall–Kier alpha value is -3.36. The molecular weight excluding hydrogens is 352 g/mol. The number of ether oxygens (including phenoxy) is 2. The quantitative estimate of drug-likeness (QED) is 0.643. The van der Waals surface area contributed by atoms with E-state index in [2.05, 4.69) is 10.4 Å². The van der Waals surface area contributed by atoms with E-state index in [0.29, 0.717) is 17.1 Å². The van der Waals surface area contributed by atoms with E-state index in [0.717, 1.165) is 0 Å². The van der Waals surface area contributed by atoms with E-state index >= 15 is 0 Å². The van der Waals surface area contributed by atoms with Crippen LogP contribution in [0.2, 0.25) is 0 Å². The molecule has 27 heavy (non-hydrogen) atoms. The van der Waals surface area contributed by atoms with Crippen molar-refractivity contribution in [3.05, 3.63) is 35.7 Å². The van der Waals surface area contributed by atoms with E-state index in [9.17, 15) is 14.4 Å². The lowest BCUT2D eigenvalue weighted by molar-refractivity contribution is -0.144. The van der Waals surface area contributed by atoms with E-state index in [4.69, 9.17) is 9.47 Å². The molecule has 2 amide bonds. The number of carbonyl (C=O) groups is 3. The van der Waals surface area contributed by atoms with Crippen molar-refractivity contribution < 1.29 is 23.9 Å². The summed E-state index contributed by atoms with van der Waals surface area (Å²) in [5, 5.41) is 6.87.